The van der Waals surface area contributed by atoms with Crippen molar-refractivity contribution in [3.05, 3.63) is 11.8 Å². The van der Waals surface area contributed by atoms with E-state index in [1.54, 1.807) is 0 Å². The molecule has 10 heteroatoms. The Morgan fingerprint density at radius 2 is 2.15 bits per heavy atom. The highest BCUT2D eigenvalue weighted by molar-refractivity contribution is 7.80. The summed E-state index contributed by atoms with van der Waals surface area (Å²) in [5, 5.41) is 5.83. The first-order valence-electron chi connectivity index (χ1n) is 9.19. The number of ether oxygens (including phenoxy) is 1. The minimum absolute atomic E-state index is 0.0672. The van der Waals surface area contributed by atoms with Gasteiger partial charge in [0.2, 0.25) is 5.95 Å². The fourth-order valence-electron chi connectivity index (χ4n) is 3.35. The van der Waals surface area contributed by atoms with Crippen molar-refractivity contribution in [2.45, 2.75) is 44.9 Å². The van der Waals surface area contributed by atoms with E-state index in [2.05, 4.69) is 27.5 Å². The van der Waals surface area contributed by atoms with Crippen LogP contribution in [-0.4, -0.2) is 47.4 Å². The van der Waals surface area contributed by atoms with Crippen LogP contribution >= 0.6 is 12.2 Å². The Bertz CT molecular complexity index is 666. The van der Waals surface area contributed by atoms with Crippen molar-refractivity contribution < 1.29 is 17.9 Å². The van der Waals surface area contributed by atoms with Crippen molar-refractivity contribution in [3.63, 3.8) is 0 Å². The number of piperidine rings is 1. The molecule has 0 radical (unpaired) electrons. The molecule has 2 aliphatic rings. The lowest BCUT2D eigenvalue weighted by atomic mass is 10.0. The third kappa shape index (κ3) is 5.65. The minimum atomic E-state index is -4.55. The summed E-state index contributed by atoms with van der Waals surface area (Å²) in [6, 6.07) is 1.01. The van der Waals surface area contributed by atoms with Gasteiger partial charge in [-0.15, -0.1) is 0 Å². The predicted molar refractivity (Wildman–Crippen MR) is 101 cm³/mol. The van der Waals surface area contributed by atoms with Crippen molar-refractivity contribution in [2.24, 2.45) is 5.92 Å². The summed E-state index contributed by atoms with van der Waals surface area (Å²) in [4.78, 5) is 9.75. The van der Waals surface area contributed by atoms with E-state index in [0.717, 1.165) is 38.4 Å². The Hall–Kier alpha value is -1.68. The normalized spacial score (nSPS) is 23.3. The molecule has 0 unspecified atom stereocenters. The molecule has 6 nitrogen and oxygen atoms in total. The first kappa shape index (κ1) is 20.1. The molecule has 2 atom stereocenters. The number of hydrogen-bond acceptors (Lipinski definition) is 5. The number of rotatable bonds is 4. The lowest BCUT2D eigenvalue weighted by Gasteiger charge is -2.32. The molecule has 0 saturated carbocycles. The van der Waals surface area contributed by atoms with Crippen molar-refractivity contribution in [3.8, 4) is 0 Å². The number of alkyl halides is 3. The molecule has 2 saturated heterocycles. The highest BCUT2D eigenvalue weighted by Gasteiger charge is 2.34. The lowest BCUT2D eigenvalue weighted by Crippen LogP contribution is -2.37. The summed E-state index contributed by atoms with van der Waals surface area (Å²) in [5.74, 6) is 0.532. The molecule has 150 valence electrons. The van der Waals surface area contributed by atoms with E-state index in [1.165, 1.54) is 0 Å². The second kappa shape index (κ2) is 8.55. The Morgan fingerprint density at radius 3 is 2.81 bits per heavy atom. The van der Waals surface area contributed by atoms with Crippen molar-refractivity contribution in [1.82, 2.24) is 15.3 Å². The van der Waals surface area contributed by atoms with Gasteiger partial charge in [-0.05, 0) is 43.8 Å². The molecule has 3 heterocycles. The smallest absolute Gasteiger partial charge is 0.376 e. The largest absolute Gasteiger partial charge is 0.433 e. The van der Waals surface area contributed by atoms with E-state index in [9.17, 15) is 13.2 Å². The van der Waals surface area contributed by atoms with Gasteiger partial charge < -0.3 is 20.3 Å². The van der Waals surface area contributed by atoms with Crippen LogP contribution in [0.1, 0.15) is 38.3 Å². The topological polar surface area (TPSA) is 62.3 Å². The Labute approximate surface area is 161 Å². The SMILES string of the molecule is C[C@H]1CCCN(c2cc(C(F)(F)F)nc(NC(=S)NC[C@@H]3CCCO3)n2)C1. The van der Waals surface area contributed by atoms with Crippen LogP contribution in [0, 0.1) is 5.92 Å². The molecule has 1 aromatic heterocycles. The van der Waals surface area contributed by atoms with Gasteiger partial charge in [0, 0.05) is 32.3 Å². The van der Waals surface area contributed by atoms with Crippen molar-refractivity contribution in [2.75, 3.05) is 36.5 Å². The minimum Gasteiger partial charge on any atom is -0.376 e. The van der Waals surface area contributed by atoms with Crippen LogP contribution < -0.4 is 15.5 Å². The number of nitrogens with zero attached hydrogens (tertiary/aromatic N) is 3. The zero-order valence-electron chi connectivity index (χ0n) is 15.2. The second-order valence-electron chi connectivity index (χ2n) is 7.10. The Kier molecular flexibility index (Phi) is 6.36. The molecule has 2 N–H and O–H groups in total. The van der Waals surface area contributed by atoms with E-state index in [0.29, 0.717) is 25.6 Å². The molecule has 3 rings (SSSR count). The Morgan fingerprint density at radius 1 is 1.33 bits per heavy atom. The van der Waals surface area contributed by atoms with Gasteiger partial charge in [0.1, 0.15) is 5.82 Å². The molecular weight excluding hydrogens is 379 g/mol. The highest BCUT2D eigenvalue weighted by atomic mass is 32.1. The van der Waals surface area contributed by atoms with Gasteiger partial charge in [-0.1, -0.05) is 6.92 Å². The average Bonchev–Trinajstić information content (AvgIpc) is 3.12. The fourth-order valence-corrected chi connectivity index (χ4v) is 3.53. The maximum atomic E-state index is 13.3. The van der Waals surface area contributed by atoms with Gasteiger partial charge in [0.25, 0.3) is 0 Å². The summed E-state index contributed by atoms with van der Waals surface area (Å²) in [6.07, 6.45) is -0.555. The first-order chi connectivity index (χ1) is 12.8. The van der Waals surface area contributed by atoms with Gasteiger partial charge in [-0.2, -0.15) is 18.2 Å². The van der Waals surface area contributed by atoms with Gasteiger partial charge >= 0.3 is 6.18 Å². The van der Waals surface area contributed by atoms with Gasteiger partial charge in [0.05, 0.1) is 6.10 Å². The standard InChI is InChI=1S/C17H24F3N5OS/c1-11-4-2-6-25(10-11)14-8-13(17(18,19)20)22-15(23-14)24-16(27)21-9-12-5-3-7-26-12/h8,11-12H,2-7,9-10H2,1H3,(H2,21,22,23,24,27)/t11-,12-/m0/s1. The highest BCUT2D eigenvalue weighted by Crippen LogP contribution is 2.31. The summed E-state index contributed by atoms with van der Waals surface area (Å²) in [6.45, 7) is 4.67. The van der Waals surface area contributed by atoms with E-state index < -0.39 is 11.9 Å². The van der Waals surface area contributed by atoms with E-state index >= 15 is 0 Å². The van der Waals surface area contributed by atoms with Crippen LogP contribution in [0.3, 0.4) is 0 Å². The second-order valence-corrected chi connectivity index (χ2v) is 7.50. The number of aromatic nitrogens is 2. The van der Waals surface area contributed by atoms with E-state index in [4.69, 9.17) is 17.0 Å². The molecule has 0 spiro atoms. The molecule has 2 aliphatic heterocycles. The first-order valence-corrected chi connectivity index (χ1v) is 9.60. The van der Waals surface area contributed by atoms with Crippen LogP contribution in [0.25, 0.3) is 0 Å². The van der Waals surface area contributed by atoms with Gasteiger partial charge in [0.15, 0.2) is 10.8 Å². The number of halogens is 3. The Balaban J connectivity index is 1.72. The molecule has 27 heavy (non-hydrogen) atoms. The zero-order valence-corrected chi connectivity index (χ0v) is 16.0. The molecule has 2 fully saturated rings. The molecule has 0 aliphatic carbocycles. The molecule has 0 amide bonds. The zero-order chi connectivity index (χ0) is 19.4. The lowest BCUT2D eigenvalue weighted by molar-refractivity contribution is -0.141. The summed E-state index contributed by atoms with van der Waals surface area (Å²) >= 11 is 5.17. The third-order valence-corrected chi connectivity index (χ3v) is 4.97. The maximum Gasteiger partial charge on any atom is 0.433 e. The summed E-state index contributed by atoms with van der Waals surface area (Å²) < 4.78 is 45.3. The summed E-state index contributed by atoms with van der Waals surface area (Å²) in [5.41, 5.74) is -0.977. The average molecular weight is 403 g/mol. The van der Waals surface area contributed by atoms with Crippen LogP contribution in [0.5, 0.6) is 0 Å². The number of anilines is 2. The predicted octanol–water partition coefficient (Wildman–Crippen LogP) is 3.20. The van der Waals surface area contributed by atoms with Crippen LogP contribution in [0.15, 0.2) is 6.07 Å². The van der Waals surface area contributed by atoms with Crippen LogP contribution in [0.4, 0.5) is 24.9 Å². The number of hydrogen-bond donors (Lipinski definition) is 2. The number of thiocarbonyl (C=S) groups is 1. The molecule has 1 aromatic rings. The van der Waals surface area contributed by atoms with E-state index in [-0.39, 0.29) is 23.0 Å². The summed E-state index contributed by atoms with van der Waals surface area (Å²) in [7, 11) is 0. The quantitative estimate of drug-likeness (QED) is 0.749. The van der Waals surface area contributed by atoms with Crippen LogP contribution in [0.2, 0.25) is 0 Å². The molecule has 0 aromatic carbocycles. The molecular formula is C17H24F3N5OS. The monoisotopic (exact) mass is 403 g/mol. The van der Waals surface area contributed by atoms with E-state index in [1.807, 2.05) is 4.90 Å². The third-order valence-electron chi connectivity index (χ3n) is 4.72. The van der Waals surface area contributed by atoms with Gasteiger partial charge in [-0.25, -0.2) is 4.98 Å². The number of nitrogens with one attached hydrogen (secondary N) is 2. The van der Waals surface area contributed by atoms with Crippen molar-refractivity contribution in [1.29, 1.82) is 0 Å². The molecule has 0 bridgehead atoms. The fraction of sp³-hybridized carbons (Fsp3) is 0.706. The maximum absolute atomic E-state index is 13.3. The van der Waals surface area contributed by atoms with Crippen LogP contribution in [-0.2, 0) is 10.9 Å². The van der Waals surface area contributed by atoms with Gasteiger partial charge in [-0.3, -0.25) is 0 Å². The van der Waals surface area contributed by atoms with Crippen molar-refractivity contribution >= 4 is 29.1 Å².